The van der Waals surface area contributed by atoms with Crippen molar-refractivity contribution in [2.75, 3.05) is 18.4 Å². The van der Waals surface area contributed by atoms with Crippen LogP contribution in [0, 0.1) is 0 Å². The summed E-state index contributed by atoms with van der Waals surface area (Å²) in [6, 6.07) is 17.7. The maximum atomic E-state index is 13.2. The molecule has 3 aromatic rings. The van der Waals surface area contributed by atoms with Crippen LogP contribution >= 0.6 is 0 Å². The molecule has 0 unspecified atom stereocenters. The SMILES string of the molecule is O=C1NCc2ccc(-c3ccc(S(=O)(=O)N4CCC(Nc5cccc(OC(F)(F)F)c5)CC4)cc3)cc21. The number of nitrogens with zero attached hydrogens (tertiary/aromatic N) is 1. The summed E-state index contributed by atoms with van der Waals surface area (Å²) in [6.45, 7) is 1.07. The van der Waals surface area contributed by atoms with Crippen LogP contribution in [-0.2, 0) is 16.6 Å². The number of carbonyl (C=O) groups is 1. The number of sulfonamides is 1. The molecule has 0 spiro atoms. The smallest absolute Gasteiger partial charge is 0.406 e. The summed E-state index contributed by atoms with van der Waals surface area (Å²) < 4.78 is 69.2. The Balaban J connectivity index is 1.21. The summed E-state index contributed by atoms with van der Waals surface area (Å²) in [7, 11) is -3.71. The van der Waals surface area contributed by atoms with E-state index in [0.29, 0.717) is 30.6 Å². The zero-order valence-corrected chi connectivity index (χ0v) is 20.4. The maximum absolute atomic E-state index is 13.2. The van der Waals surface area contributed by atoms with Gasteiger partial charge in [-0.05, 0) is 59.9 Å². The van der Waals surface area contributed by atoms with Crippen molar-refractivity contribution in [2.45, 2.75) is 36.7 Å². The lowest BCUT2D eigenvalue weighted by molar-refractivity contribution is -0.274. The minimum absolute atomic E-state index is 0.0908. The molecule has 2 aliphatic rings. The number of carbonyl (C=O) groups excluding carboxylic acids is 1. The van der Waals surface area contributed by atoms with Crippen LogP contribution in [-0.4, -0.2) is 44.1 Å². The summed E-state index contributed by atoms with van der Waals surface area (Å²) in [4.78, 5) is 12.1. The van der Waals surface area contributed by atoms with Crippen molar-refractivity contribution in [3.63, 3.8) is 0 Å². The summed E-state index contributed by atoms with van der Waals surface area (Å²) in [5.41, 5.74) is 3.68. The molecule has 1 fully saturated rings. The first kappa shape index (κ1) is 25.1. The van der Waals surface area contributed by atoms with E-state index < -0.39 is 16.4 Å². The molecule has 0 saturated carbocycles. The molecule has 3 aromatic carbocycles. The van der Waals surface area contributed by atoms with E-state index in [-0.39, 0.29) is 35.7 Å². The van der Waals surface area contributed by atoms with E-state index in [1.54, 1.807) is 30.3 Å². The van der Waals surface area contributed by atoms with Gasteiger partial charge in [0.2, 0.25) is 10.0 Å². The van der Waals surface area contributed by atoms with Gasteiger partial charge in [-0.15, -0.1) is 13.2 Å². The molecule has 1 saturated heterocycles. The van der Waals surface area contributed by atoms with Crippen molar-refractivity contribution in [1.29, 1.82) is 0 Å². The monoisotopic (exact) mass is 531 g/mol. The zero-order chi connectivity index (χ0) is 26.2. The van der Waals surface area contributed by atoms with E-state index >= 15 is 0 Å². The van der Waals surface area contributed by atoms with E-state index in [4.69, 9.17) is 0 Å². The molecule has 0 aromatic heterocycles. The third-order valence-corrected chi connectivity index (χ3v) is 8.42. The predicted octanol–water partition coefficient (Wildman–Crippen LogP) is 4.76. The molecule has 2 N–H and O–H groups in total. The van der Waals surface area contributed by atoms with Crippen LogP contribution < -0.4 is 15.4 Å². The number of amides is 1. The Kier molecular flexibility index (Phi) is 6.59. The molecule has 1 amide bonds. The Hall–Kier alpha value is -3.57. The number of halogens is 3. The predicted molar refractivity (Wildman–Crippen MR) is 132 cm³/mol. The number of hydrogen-bond donors (Lipinski definition) is 2. The first-order chi connectivity index (χ1) is 17.6. The topological polar surface area (TPSA) is 87.7 Å². The van der Waals surface area contributed by atoms with Crippen molar-refractivity contribution in [3.05, 3.63) is 77.9 Å². The van der Waals surface area contributed by atoms with Gasteiger partial charge in [0.1, 0.15) is 5.75 Å². The van der Waals surface area contributed by atoms with Gasteiger partial charge in [0, 0.05) is 43.0 Å². The average Bonchev–Trinajstić information content (AvgIpc) is 3.24. The van der Waals surface area contributed by atoms with Crippen molar-refractivity contribution in [3.8, 4) is 16.9 Å². The van der Waals surface area contributed by atoms with Gasteiger partial charge < -0.3 is 15.4 Å². The Morgan fingerprint density at radius 2 is 1.65 bits per heavy atom. The largest absolute Gasteiger partial charge is 0.573 e. The third kappa shape index (κ3) is 5.57. The molecule has 2 heterocycles. The highest BCUT2D eigenvalue weighted by Gasteiger charge is 2.32. The minimum Gasteiger partial charge on any atom is -0.406 e. The number of piperidine rings is 1. The van der Waals surface area contributed by atoms with Crippen LogP contribution in [0.1, 0.15) is 28.8 Å². The Bertz CT molecular complexity index is 1420. The number of alkyl halides is 3. The first-order valence-electron chi connectivity index (χ1n) is 11.7. The maximum Gasteiger partial charge on any atom is 0.573 e. The number of benzene rings is 3. The highest BCUT2D eigenvalue weighted by molar-refractivity contribution is 7.89. The first-order valence-corrected chi connectivity index (χ1v) is 13.2. The molecular formula is C26H24F3N3O4S. The second kappa shape index (κ2) is 9.71. The molecule has 2 aliphatic heterocycles. The lowest BCUT2D eigenvalue weighted by Crippen LogP contribution is -2.42. The van der Waals surface area contributed by atoms with Crippen LogP contribution in [0.4, 0.5) is 18.9 Å². The quantitative estimate of drug-likeness (QED) is 0.479. The fourth-order valence-corrected chi connectivity index (χ4v) is 6.09. The fraction of sp³-hybridized carbons (Fsp3) is 0.269. The molecule has 0 aliphatic carbocycles. The second-order valence-corrected chi connectivity index (χ2v) is 10.9. The van der Waals surface area contributed by atoms with Gasteiger partial charge in [0.05, 0.1) is 4.90 Å². The van der Waals surface area contributed by atoms with Gasteiger partial charge in [-0.25, -0.2) is 8.42 Å². The summed E-state index contributed by atoms with van der Waals surface area (Å²) >= 11 is 0. The Morgan fingerprint density at radius 1 is 0.946 bits per heavy atom. The number of nitrogens with one attached hydrogen (secondary N) is 2. The van der Waals surface area contributed by atoms with Gasteiger partial charge in [0.15, 0.2) is 0 Å². The highest BCUT2D eigenvalue weighted by atomic mass is 32.2. The third-order valence-electron chi connectivity index (χ3n) is 6.51. The normalized spacial score (nSPS) is 16.8. The van der Waals surface area contributed by atoms with E-state index in [1.807, 2.05) is 18.2 Å². The molecule has 11 heteroatoms. The molecule has 7 nitrogen and oxygen atoms in total. The second-order valence-electron chi connectivity index (χ2n) is 8.98. The van der Waals surface area contributed by atoms with E-state index in [1.165, 1.54) is 22.5 Å². The number of anilines is 1. The van der Waals surface area contributed by atoms with E-state index in [2.05, 4.69) is 15.4 Å². The van der Waals surface area contributed by atoms with Crippen molar-refractivity contribution >= 4 is 21.6 Å². The van der Waals surface area contributed by atoms with Gasteiger partial charge in [-0.2, -0.15) is 4.31 Å². The number of hydrogen-bond acceptors (Lipinski definition) is 5. The van der Waals surface area contributed by atoms with Gasteiger partial charge in [0.25, 0.3) is 5.91 Å². The highest BCUT2D eigenvalue weighted by Crippen LogP contribution is 2.29. The average molecular weight is 532 g/mol. The van der Waals surface area contributed by atoms with Gasteiger partial charge >= 0.3 is 6.36 Å². The summed E-state index contributed by atoms with van der Waals surface area (Å²) in [5, 5.41) is 5.95. The summed E-state index contributed by atoms with van der Waals surface area (Å²) in [5.74, 6) is -0.430. The molecule has 0 bridgehead atoms. The molecular weight excluding hydrogens is 507 g/mol. The van der Waals surface area contributed by atoms with Crippen molar-refractivity contribution < 1.29 is 31.1 Å². The van der Waals surface area contributed by atoms with Crippen LogP contribution in [0.3, 0.4) is 0 Å². The Morgan fingerprint density at radius 3 is 2.35 bits per heavy atom. The van der Waals surface area contributed by atoms with Crippen molar-refractivity contribution in [1.82, 2.24) is 9.62 Å². The number of ether oxygens (including phenoxy) is 1. The molecule has 0 radical (unpaired) electrons. The molecule has 5 rings (SSSR count). The van der Waals surface area contributed by atoms with Gasteiger partial charge in [-0.3, -0.25) is 4.79 Å². The summed E-state index contributed by atoms with van der Waals surface area (Å²) in [6.07, 6.45) is -3.77. The van der Waals surface area contributed by atoms with Crippen LogP contribution in [0.2, 0.25) is 0 Å². The molecule has 194 valence electrons. The van der Waals surface area contributed by atoms with Crippen LogP contribution in [0.5, 0.6) is 5.75 Å². The number of fused-ring (bicyclic) bond motifs is 1. The zero-order valence-electron chi connectivity index (χ0n) is 19.6. The minimum atomic E-state index is -4.77. The van der Waals surface area contributed by atoms with Crippen LogP contribution in [0.25, 0.3) is 11.1 Å². The molecule has 37 heavy (non-hydrogen) atoms. The van der Waals surface area contributed by atoms with Gasteiger partial charge in [-0.1, -0.05) is 30.3 Å². The van der Waals surface area contributed by atoms with E-state index in [9.17, 15) is 26.4 Å². The molecule has 0 atom stereocenters. The lowest BCUT2D eigenvalue weighted by atomic mass is 10.0. The lowest BCUT2D eigenvalue weighted by Gasteiger charge is -2.32. The fourth-order valence-electron chi connectivity index (χ4n) is 4.62. The number of rotatable bonds is 6. The Labute approximate surface area is 212 Å². The van der Waals surface area contributed by atoms with Crippen molar-refractivity contribution in [2.24, 2.45) is 0 Å². The van der Waals surface area contributed by atoms with E-state index in [0.717, 1.165) is 16.7 Å². The standard InChI is InChI=1S/C26H24F3N3O4S/c27-26(28,29)36-22-3-1-2-21(15-22)31-20-10-12-32(13-11-20)37(34,35)23-8-6-17(7-9-23)18-4-5-19-16-30-25(33)24(19)14-18/h1-9,14-15,20,31H,10-13,16H2,(H,30,33). The van der Waals surface area contributed by atoms with Crippen LogP contribution in [0.15, 0.2) is 71.6 Å².